The van der Waals surface area contributed by atoms with Crippen LogP contribution < -0.4 is 10.6 Å². The van der Waals surface area contributed by atoms with Gasteiger partial charge in [0.15, 0.2) is 0 Å². The van der Waals surface area contributed by atoms with Crippen LogP contribution >= 0.6 is 0 Å². The molecular weight excluding hydrogens is 248 g/mol. The second-order valence-electron chi connectivity index (χ2n) is 6.30. The predicted octanol–water partition coefficient (Wildman–Crippen LogP) is 3.74. The maximum atomic E-state index is 12.2. The fourth-order valence-electron chi connectivity index (χ4n) is 2.64. The van der Waals surface area contributed by atoms with Crippen molar-refractivity contribution in [3.8, 4) is 0 Å². The van der Waals surface area contributed by atoms with Gasteiger partial charge >= 0.3 is 0 Å². The Balaban J connectivity index is 1.95. The van der Waals surface area contributed by atoms with Gasteiger partial charge in [-0.2, -0.15) is 0 Å². The van der Waals surface area contributed by atoms with Gasteiger partial charge in [0.05, 0.1) is 0 Å². The Labute approximate surface area is 122 Å². The first-order chi connectivity index (χ1) is 9.54. The summed E-state index contributed by atoms with van der Waals surface area (Å²) in [5.74, 6) is 0.0534. The number of rotatable bonds is 6. The van der Waals surface area contributed by atoms with Gasteiger partial charge in [-0.05, 0) is 55.4 Å². The number of carbonyl (C=O) groups excluding carboxylic acids is 1. The van der Waals surface area contributed by atoms with Crippen LogP contribution in [0.15, 0.2) is 18.2 Å². The van der Waals surface area contributed by atoms with Crippen molar-refractivity contribution >= 4 is 11.6 Å². The van der Waals surface area contributed by atoms with E-state index in [0.717, 1.165) is 36.3 Å². The molecule has 1 aliphatic carbocycles. The topological polar surface area (TPSA) is 41.1 Å². The molecule has 1 aromatic carbocycles. The molecule has 2 N–H and O–H groups in total. The molecule has 0 heterocycles. The van der Waals surface area contributed by atoms with Crippen molar-refractivity contribution in [2.45, 2.75) is 46.5 Å². The molecule has 2 rings (SSSR count). The van der Waals surface area contributed by atoms with Crippen LogP contribution in [0.3, 0.4) is 0 Å². The predicted molar refractivity (Wildman–Crippen MR) is 84.3 cm³/mol. The number of nitrogens with one attached hydrogen (secondary N) is 2. The van der Waals surface area contributed by atoms with Crippen LogP contribution in [0.1, 0.15) is 55.5 Å². The summed E-state index contributed by atoms with van der Waals surface area (Å²) >= 11 is 0. The van der Waals surface area contributed by atoms with E-state index in [1.807, 2.05) is 19.1 Å². The quantitative estimate of drug-likeness (QED) is 0.829. The van der Waals surface area contributed by atoms with E-state index in [4.69, 9.17) is 0 Å². The van der Waals surface area contributed by atoms with Crippen LogP contribution in [0.5, 0.6) is 0 Å². The number of carbonyl (C=O) groups is 1. The van der Waals surface area contributed by atoms with Crippen molar-refractivity contribution in [1.29, 1.82) is 0 Å². The first-order valence-corrected chi connectivity index (χ1v) is 7.67. The standard InChI is InChI=1S/C17H26N2O/c1-4-10-18-14-6-7-15(13(2)11-14)16(20)19-12-17(3)8-5-9-17/h6-7,11,18H,4-5,8-10,12H2,1-3H3,(H,19,20). The molecule has 1 fully saturated rings. The van der Waals surface area contributed by atoms with Crippen LogP contribution in [0.4, 0.5) is 5.69 Å². The summed E-state index contributed by atoms with van der Waals surface area (Å²) in [6.45, 7) is 8.14. The van der Waals surface area contributed by atoms with Gasteiger partial charge in [-0.1, -0.05) is 20.3 Å². The van der Waals surface area contributed by atoms with Crippen molar-refractivity contribution in [3.05, 3.63) is 29.3 Å². The lowest BCUT2D eigenvalue weighted by Crippen LogP contribution is -2.40. The van der Waals surface area contributed by atoms with Gasteiger partial charge in [-0.3, -0.25) is 4.79 Å². The highest BCUT2D eigenvalue weighted by molar-refractivity contribution is 5.96. The zero-order valence-corrected chi connectivity index (χ0v) is 12.9. The monoisotopic (exact) mass is 274 g/mol. The number of aryl methyl sites for hydroxylation is 1. The van der Waals surface area contributed by atoms with Gasteiger partial charge in [0.2, 0.25) is 0 Å². The van der Waals surface area contributed by atoms with E-state index in [2.05, 4.69) is 30.5 Å². The van der Waals surface area contributed by atoms with Crippen molar-refractivity contribution in [1.82, 2.24) is 5.32 Å². The second-order valence-corrected chi connectivity index (χ2v) is 6.30. The summed E-state index contributed by atoms with van der Waals surface area (Å²) in [6, 6.07) is 5.96. The lowest BCUT2D eigenvalue weighted by molar-refractivity contribution is 0.0890. The first kappa shape index (κ1) is 14.9. The van der Waals surface area contributed by atoms with Gasteiger partial charge in [0, 0.05) is 24.3 Å². The Hall–Kier alpha value is -1.51. The van der Waals surface area contributed by atoms with E-state index in [1.165, 1.54) is 19.3 Å². The lowest BCUT2D eigenvalue weighted by atomic mass is 9.70. The summed E-state index contributed by atoms with van der Waals surface area (Å²) in [5, 5.41) is 6.43. The SMILES string of the molecule is CCCNc1ccc(C(=O)NCC2(C)CCC2)c(C)c1. The number of hydrogen-bond donors (Lipinski definition) is 2. The highest BCUT2D eigenvalue weighted by Gasteiger charge is 2.31. The summed E-state index contributed by atoms with van der Waals surface area (Å²) in [7, 11) is 0. The maximum Gasteiger partial charge on any atom is 0.251 e. The molecule has 1 amide bonds. The van der Waals surface area contributed by atoms with E-state index < -0.39 is 0 Å². The fraction of sp³-hybridized carbons (Fsp3) is 0.588. The Morgan fingerprint density at radius 1 is 1.35 bits per heavy atom. The molecule has 0 aliphatic heterocycles. The van der Waals surface area contributed by atoms with Crippen LogP contribution in [0, 0.1) is 12.3 Å². The normalized spacial score (nSPS) is 16.4. The number of anilines is 1. The largest absolute Gasteiger partial charge is 0.385 e. The van der Waals surface area contributed by atoms with Gasteiger partial charge in [-0.15, -0.1) is 0 Å². The number of hydrogen-bond acceptors (Lipinski definition) is 2. The molecule has 1 aromatic rings. The molecule has 3 nitrogen and oxygen atoms in total. The van der Waals surface area contributed by atoms with E-state index >= 15 is 0 Å². The molecule has 0 spiro atoms. The van der Waals surface area contributed by atoms with Gasteiger partial charge in [-0.25, -0.2) is 0 Å². The minimum absolute atomic E-state index is 0.0534. The maximum absolute atomic E-state index is 12.2. The van der Waals surface area contributed by atoms with Gasteiger partial charge < -0.3 is 10.6 Å². The van der Waals surface area contributed by atoms with Crippen LogP contribution in [-0.2, 0) is 0 Å². The second kappa shape index (κ2) is 6.29. The summed E-state index contributed by atoms with van der Waals surface area (Å²) in [5.41, 5.74) is 3.23. The third-order valence-electron chi connectivity index (χ3n) is 4.29. The highest BCUT2D eigenvalue weighted by atomic mass is 16.1. The molecule has 0 bridgehead atoms. The van der Waals surface area contributed by atoms with Gasteiger partial charge in [0.1, 0.15) is 0 Å². The van der Waals surface area contributed by atoms with Crippen molar-refractivity contribution < 1.29 is 4.79 Å². The molecule has 0 saturated heterocycles. The molecule has 20 heavy (non-hydrogen) atoms. The molecule has 3 heteroatoms. The Morgan fingerprint density at radius 2 is 2.10 bits per heavy atom. The van der Waals surface area contributed by atoms with Crippen molar-refractivity contribution in [2.75, 3.05) is 18.4 Å². The molecule has 0 unspecified atom stereocenters. The van der Waals surface area contributed by atoms with Crippen molar-refractivity contribution in [2.24, 2.45) is 5.41 Å². The van der Waals surface area contributed by atoms with E-state index in [1.54, 1.807) is 0 Å². The summed E-state index contributed by atoms with van der Waals surface area (Å²) in [4.78, 5) is 12.2. The molecule has 0 aromatic heterocycles. The third-order valence-corrected chi connectivity index (χ3v) is 4.29. The fourth-order valence-corrected chi connectivity index (χ4v) is 2.64. The summed E-state index contributed by atoms with van der Waals surface area (Å²) in [6.07, 6.45) is 4.85. The first-order valence-electron chi connectivity index (χ1n) is 7.67. The average Bonchev–Trinajstić information content (AvgIpc) is 2.40. The lowest BCUT2D eigenvalue weighted by Gasteiger charge is -2.38. The minimum atomic E-state index is 0.0534. The highest BCUT2D eigenvalue weighted by Crippen LogP contribution is 2.39. The average molecular weight is 274 g/mol. The van der Waals surface area contributed by atoms with E-state index in [0.29, 0.717) is 5.41 Å². The molecule has 0 radical (unpaired) electrons. The Kier molecular flexibility index (Phi) is 4.69. The van der Waals surface area contributed by atoms with E-state index in [9.17, 15) is 4.79 Å². The zero-order chi connectivity index (χ0) is 14.6. The molecule has 1 saturated carbocycles. The molecule has 110 valence electrons. The smallest absolute Gasteiger partial charge is 0.251 e. The molecule has 1 aliphatic rings. The Morgan fingerprint density at radius 3 is 2.65 bits per heavy atom. The molecular formula is C17H26N2O. The minimum Gasteiger partial charge on any atom is -0.385 e. The summed E-state index contributed by atoms with van der Waals surface area (Å²) < 4.78 is 0. The third kappa shape index (κ3) is 3.53. The van der Waals surface area contributed by atoms with Crippen molar-refractivity contribution in [3.63, 3.8) is 0 Å². The van der Waals surface area contributed by atoms with Gasteiger partial charge in [0.25, 0.3) is 5.91 Å². The van der Waals surface area contributed by atoms with E-state index in [-0.39, 0.29) is 5.91 Å². The molecule has 0 atom stereocenters. The number of amides is 1. The Bertz CT molecular complexity index is 478. The number of benzene rings is 1. The van der Waals surface area contributed by atoms with Crippen LogP contribution in [0.2, 0.25) is 0 Å². The van der Waals surface area contributed by atoms with Crippen LogP contribution in [-0.4, -0.2) is 19.0 Å². The van der Waals surface area contributed by atoms with Crippen LogP contribution in [0.25, 0.3) is 0 Å². The zero-order valence-electron chi connectivity index (χ0n) is 12.9.